The lowest BCUT2D eigenvalue weighted by atomic mass is 10.3. The first-order chi connectivity index (χ1) is 3.29. The molecule has 7 heavy (non-hydrogen) atoms. The summed E-state index contributed by atoms with van der Waals surface area (Å²) in [5.74, 6) is 0.296. The summed E-state index contributed by atoms with van der Waals surface area (Å²) in [6.07, 6.45) is 4.98. The summed E-state index contributed by atoms with van der Waals surface area (Å²) >= 11 is 0. The Kier molecular flexibility index (Phi) is 0.754. The van der Waals surface area contributed by atoms with Gasteiger partial charge in [0.15, 0.2) is 0 Å². The van der Waals surface area contributed by atoms with Crippen molar-refractivity contribution < 1.29 is 5.11 Å². The monoisotopic (exact) mass is 94.0 g/mol. The van der Waals surface area contributed by atoms with E-state index in [4.69, 9.17) is 5.11 Å². The predicted molar refractivity (Wildman–Crippen MR) is 29.0 cm³/mol. The first kappa shape index (κ1) is 4.19. The summed E-state index contributed by atoms with van der Waals surface area (Å²) in [6, 6.07) is 0. The lowest BCUT2D eigenvalue weighted by Crippen LogP contribution is -1.62. The third kappa shape index (κ3) is 0.712. The fourth-order valence-corrected chi connectivity index (χ4v) is 0.479. The molecular weight excluding hydrogens is 88.1 g/mol. The molecule has 36 valence electrons. The molecule has 0 spiro atoms. The van der Waals surface area contributed by atoms with Crippen LogP contribution in [-0.4, -0.2) is 5.11 Å². The van der Waals surface area contributed by atoms with E-state index in [0.29, 0.717) is 5.76 Å². The van der Waals surface area contributed by atoms with Crippen molar-refractivity contribution in [3.8, 4) is 0 Å². The highest BCUT2D eigenvalue weighted by Gasteiger charge is 1.93. The van der Waals surface area contributed by atoms with E-state index < -0.39 is 0 Å². The van der Waals surface area contributed by atoms with E-state index in [0.717, 1.165) is 5.57 Å². The van der Waals surface area contributed by atoms with Gasteiger partial charge in [0.25, 0.3) is 0 Å². The number of rotatable bonds is 0. The molecule has 0 aromatic carbocycles. The highest BCUT2D eigenvalue weighted by atomic mass is 16.3. The molecule has 0 saturated carbocycles. The molecule has 1 aliphatic rings. The topological polar surface area (TPSA) is 20.2 Å². The van der Waals surface area contributed by atoms with Crippen LogP contribution in [0.15, 0.2) is 36.1 Å². The summed E-state index contributed by atoms with van der Waals surface area (Å²) in [6.45, 7) is 3.58. The van der Waals surface area contributed by atoms with Gasteiger partial charge in [-0.15, -0.1) is 0 Å². The van der Waals surface area contributed by atoms with Crippen LogP contribution >= 0.6 is 0 Å². The molecule has 0 saturated heterocycles. The second-order valence-electron chi connectivity index (χ2n) is 1.48. The molecule has 1 nitrogen and oxygen atoms in total. The fourth-order valence-electron chi connectivity index (χ4n) is 0.479. The first-order valence-electron chi connectivity index (χ1n) is 2.07. The maximum atomic E-state index is 8.61. The third-order valence-corrected chi connectivity index (χ3v) is 0.801. The summed E-state index contributed by atoms with van der Waals surface area (Å²) in [5.41, 5.74) is 0.859. The van der Waals surface area contributed by atoms with Crippen molar-refractivity contribution >= 4 is 0 Å². The van der Waals surface area contributed by atoms with Crippen molar-refractivity contribution in [2.24, 2.45) is 0 Å². The van der Waals surface area contributed by atoms with E-state index in [-0.39, 0.29) is 0 Å². The van der Waals surface area contributed by atoms with Gasteiger partial charge in [-0.1, -0.05) is 12.7 Å². The number of aliphatic hydroxyl groups is 1. The Hall–Kier alpha value is -0.980. The largest absolute Gasteiger partial charge is 0.508 e. The Balaban J connectivity index is 2.88. The van der Waals surface area contributed by atoms with E-state index >= 15 is 0 Å². The molecule has 0 aliphatic heterocycles. The van der Waals surface area contributed by atoms with Crippen molar-refractivity contribution in [1.82, 2.24) is 0 Å². The number of allylic oxidation sites excluding steroid dienone is 4. The van der Waals surface area contributed by atoms with Gasteiger partial charge in [-0.25, -0.2) is 0 Å². The van der Waals surface area contributed by atoms with Crippen LogP contribution in [0.3, 0.4) is 0 Å². The van der Waals surface area contributed by atoms with E-state index in [1.807, 2.05) is 0 Å². The van der Waals surface area contributed by atoms with Gasteiger partial charge in [0, 0.05) is 0 Å². The minimum Gasteiger partial charge on any atom is -0.508 e. The Morgan fingerprint density at radius 3 is 2.29 bits per heavy atom. The molecule has 0 amide bonds. The minimum absolute atomic E-state index is 0.296. The van der Waals surface area contributed by atoms with Gasteiger partial charge in [-0.2, -0.15) is 0 Å². The summed E-state index contributed by atoms with van der Waals surface area (Å²) in [7, 11) is 0. The SMILES string of the molecule is C=C1C=CC(O)=C1. The predicted octanol–water partition coefficient (Wildman–Crippen LogP) is 1.55. The van der Waals surface area contributed by atoms with Crippen molar-refractivity contribution in [3.05, 3.63) is 36.1 Å². The Morgan fingerprint density at radius 2 is 2.14 bits per heavy atom. The molecule has 0 aromatic heterocycles. The van der Waals surface area contributed by atoms with Crippen LogP contribution in [0.1, 0.15) is 0 Å². The molecule has 0 unspecified atom stereocenters. The van der Waals surface area contributed by atoms with Crippen LogP contribution in [0, 0.1) is 0 Å². The summed E-state index contributed by atoms with van der Waals surface area (Å²) in [4.78, 5) is 0. The van der Waals surface area contributed by atoms with Gasteiger partial charge in [0.05, 0.1) is 0 Å². The molecule has 0 fully saturated rings. The molecule has 1 N–H and O–H groups in total. The van der Waals surface area contributed by atoms with Crippen molar-refractivity contribution in [2.75, 3.05) is 0 Å². The molecule has 0 atom stereocenters. The molecule has 0 aromatic rings. The second-order valence-corrected chi connectivity index (χ2v) is 1.48. The summed E-state index contributed by atoms with van der Waals surface area (Å²) < 4.78 is 0. The quantitative estimate of drug-likeness (QED) is 0.483. The Labute approximate surface area is 42.3 Å². The molecular formula is C6H6O. The van der Waals surface area contributed by atoms with E-state index in [9.17, 15) is 0 Å². The molecule has 0 heterocycles. The summed E-state index contributed by atoms with van der Waals surface area (Å²) in [5, 5.41) is 8.61. The minimum atomic E-state index is 0.296. The number of hydrogen-bond acceptors (Lipinski definition) is 1. The Bertz CT molecular complexity index is 152. The average Bonchev–Trinajstić information content (AvgIpc) is 1.87. The zero-order chi connectivity index (χ0) is 5.28. The van der Waals surface area contributed by atoms with Gasteiger partial charge in [-0.3, -0.25) is 0 Å². The van der Waals surface area contributed by atoms with Crippen molar-refractivity contribution in [1.29, 1.82) is 0 Å². The first-order valence-corrected chi connectivity index (χ1v) is 2.07. The zero-order valence-corrected chi connectivity index (χ0v) is 3.89. The van der Waals surface area contributed by atoms with Crippen LogP contribution in [0.5, 0.6) is 0 Å². The Morgan fingerprint density at radius 1 is 1.43 bits per heavy atom. The van der Waals surface area contributed by atoms with Crippen LogP contribution in [0.25, 0.3) is 0 Å². The van der Waals surface area contributed by atoms with E-state index in [2.05, 4.69) is 6.58 Å². The normalized spacial score (nSPS) is 17.7. The molecule has 1 heteroatoms. The highest BCUT2D eigenvalue weighted by molar-refractivity contribution is 5.40. The van der Waals surface area contributed by atoms with E-state index in [1.165, 1.54) is 0 Å². The lowest BCUT2D eigenvalue weighted by Gasteiger charge is -1.76. The standard InChI is InChI=1S/C6H6O/c1-5-2-3-6(7)4-5/h2-4,7H,1H2. The van der Waals surface area contributed by atoms with Crippen LogP contribution in [0.2, 0.25) is 0 Å². The van der Waals surface area contributed by atoms with Crippen molar-refractivity contribution in [2.45, 2.75) is 0 Å². The van der Waals surface area contributed by atoms with Gasteiger partial charge in [0.1, 0.15) is 5.76 Å². The third-order valence-electron chi connectivity index (χ3n) is 0.801. The van der Waals surface area contributed by atoms with Crippen LogP contribution < -0.4 is 0 Å². The average molecular weight is 94.1 g/mol. The van der Waals surface area contributed by atoms with Gasteiger partial charge < -0.3 is 5.11 Å². The fraction of sp³-hybridized carbons (Fsp3) is 0. The molecule has 0 radical (unpaired) electrons. The lowest BCUT2D eigenvalue weighted by molar-refractivity contribution is 0.434. The smallest absolute Gasteiger partial charge is 0.116 e. The van der Waals surface area contributed by atoms with E-state index in [1.54, 1.807) is 18.2 Å². The second kappa shape index (κ2) is 1.26. The van der Waals surface area contributed by atoms with Crippen LogP contribution in [-0.2, 0) is 0 Å². The molecule has 1 rings (SSSR count). The molecule has 0 bridgehead atoms. The van der Waals surface area contributed by atoms with Gasteiger partial charge >= 0.3 is 0 Å². The maximum Gasteiger partial charge on any atom is 0.116 e. The number of hydrogen-bond donors (Lipinski definition) is 1. The van der Waals surface area contributed by atoms with Crippen molar-refractivity contribution in [3.63, 3.8) is 0 Å². The highest BCUT2D eigenvalue weighted by Crippen LogP contribution is 2.08. The molecule has 1 aliphatic carbocycles. The number of aliphatic hydroxyl groups excluding tert-OH is 1. The van der Waals surface area contributed by atoms with Crippen LogP contribution in [0.4, 0.5) is 0 Å². The maximum absolute atomic E-state index is 8.61. The zero-order valence-electron chi connectivity index (χ0n) is 3.89. The van der Waals surface area contributed by atoms with Gasteiger partial charge in [0.2, 0.25) is 0 Å². The van der Waals surface area contributed by atoms with Gasteiger partial charge in [-0.05, 0) is 17.7 Å².